The van der Waals surface area contributed by atoms with Gasteiger partial charge in [-0.1, -0.05) is 6.07 Å². The number of carbonyl (C=O) groups excluding carboxylic acids is 1. The quantitative estimate of drug-likeness (QED) is 0.862. The minimum Gasteiger partial charge on any atom is -0.386 e. The molecule has 0 aliphatic carbocycles. The highest BCUT2D eigenvalue weighted by atomic mass is 16.3. The van der Waals surface area contributed by atoms with Gasteiger partial charge in [-0.05, 0) is 44.9 Å². The molecule has 2 N–H and O–H groups in total. The lowest BCUT2D eigenvalue weighted by atomic mass is 9.92. The number of carbonyl (C=O) groups is 1. The highest BCUT2D eigenvalue weighted by molar-refractivity contribution is 5.92. The van der Waals surface area contributed by atoms with Crippen molar-refractivity contribution in [2.75, 3.05) is 24.5 Å². The Bertz CT molecular complexity index is 715. The molecule has 0 spiro atoms. The fourth-order valence-corrected chi connectivity index (χ4v) is 3.23. The van der Waals surface area contributed by atoms with Gasteiger partial charge in [-0.2, -0.15) is 5.10 Å². The Morgan fingerprint density at radius 2 is 2.20 bits per heavy atom. The van der Waals surface area contributed by atoms with Crippen LogP contribution in [0.5, 0.6) is 0 Å². The van der Waals surface area contributed by atoms with Gasteiger partial charge in [0.15, 0.2) is 0 Å². The van der Waals surface area contributed by atoms with Gasteiger partial charge in [-0.15, -0.1) is 0 Å². The van der Waals surface area contributed by atoms with Crippen molar-refractivity contribution in [2.24, 2.45) is 0 Å². The van der Waals surface area contributed by atoms with E-state index in [0.717, 1.165) is 18.8 Å². The molecule has 3 rings (SSSR count). The first-order valence-corrected chi connectivity index (χ1v) is 8.69. The van der Waals surface area contributed by atoms with Gasteiger partial charge in [0.1, 0.15) is 11.5 Å². The monoisotopic (exact) mass is 343 g/mol. The molecule has 0 radical (unpaired) electrons. The first kappa shape index (κ1) is 17.4. The Hall–Kier alpha value is -2.41. The van der Waals surface area contributed by atoms with Crippen molar-refractivity contribution in [1.82, 2.24) is 20.1 Å². The van der Waals surface area contributed by atoms with Crippen molar-refractivity contribution in [3.05, 3.63) is 42.4 Å². The topological polar surface area (TPSA) is 83.3 Å². The molecule has 2 aromatic heterocycles. The van der Waals surface area contributed by atoms with Crippen LogP contribution in [0.2, 0.25) is 0 Å². The van der Waals surface area contributed by atoms with Gasteiger partial charge in [0.2, 0.25) is 0 Å². The fourth-order valence-electron chi connectivity index (χ4n) is 3.23. The van der Waals surface area contributed by atoms with E-state index in [9.17, 15) is 9.90 Å². The molecular weight excluding hydrogens is 318 g/mol. The van der Waals surface area contributed by atoms with Crippen LogP contribution in [-0.2, 0) is 0 Å². The molecular formula is C18H25N5O2. The Kier molecular flexibility index (Phi) is 5.03. The third-order valence-corrected chi connectivity index (χ3v) is 4.50. The number of piperidine rings is 1. The minimum atomic E-state index is -0.964. The summed E-state index contributed by atoms with van der Waals surface area (Å²) in [5, 5.41) is 18.0. The predicted molar refractivity (Wildman–Crippen MR) is 95.6 cm³/mol. The van der Waals surface area contributed by atoms with Crippen LogP contribution in [0.3, 0.4) is 0 Å². The molecule has 134 valence electrons. The molecule has 1 saturated heterocycles. The fraction of sp³-hybridized carbons (Fsp3) is 0.500. The zero-order valence-electron chi connectivity index (χ0n) is 14.7. The second kappa shape index (κ2) is 7.23. The smallest absolute Gasteiger partial charge is 0.269 e. The van der Waals surface area contributed by atoms with Crippen LogP contribution in [0, 0.1) is 0 Å². The number of hydrogen-bond acceptors (Lipinski definition) is 5. The Balaban J connectivity index is 1.63. The molecule has 0 aromatic carbocycles. The summed E-state index contributed by atoms with van der Waals surface area (Å²) in [7, 11) is 0. The number of aromatic nitrogens is 3. The largest absolute Gasteiger partial charge is 0.386 e. The van der Waals surface area contributed by atoms with Gasteiger partial charge >= 0.3 is 0 Å². The number of nitrogens with one attached hydrogen (secondary N) is 1. The molecule has 7 heteroatoms. The third-order valence-electron chi connectivity index (χ3n) is 4.50. The molecule has 1 unspecified atom stereocenters. The highest BCUT2D eigenvalue weighted by Crippen LogP contribution is 2.24. The van der Waals surface area contributed by atoms with Crippen LogP contribution in [0.15, 0.2) is 36.7 Å². The molecule has 0 saturated carbocycles. The summed E-state index contributed by atoms with van der Waals surface area (Å²) in [5.74, 6) is 0.638. The first-order valence-electron chi connectivity index (χ1n) is 8.69. The Morgan fingerprint density at radius 3 is 2.92 bits per heavy atom. The molecule has 1 atom stereocenters. The Labute approximate surface area is 147 Å². The van der Waals surface area contributed by atoms with Crippen molar-refractivity contribution >= 4 is 11.7 Å². The number of pyridine rings is 1. The zero-order valence-corrected chi connectivity index (χ0v) is 14.7. The van der Waals surface area contributed by atoms with Gasteiger partial charge in [-0.3, -0.25) is 9.48 Å². The molecule has 25 heavy (non-hydrogen) atoms. The molecule has 7 nitrogen and oxygen atoms in total. The number of amides is 1. The normalized spacial score (nSPS) is 20.7. The molecule has 1 aliphatic heterocycles. The van der Waals surface area contributed by atoms with E-state index in [2.05, 4.69) is 20.3 Å². The van der Waals surface area contributed by atoms with E-state index < -0.39 is 5.60 Å². The number of nitrogens with zero attached hydrogens (tertiary/aromatic N) is 4. The third kappa shape index (κ3) is 3.99. The van der Waals surface area contributed by atoms with Crippen LogP contribution < -0.4 is 10.2 Å². The van der Waals surface area contributed by atoms with E-state index in [1.807, 2.05) is 32.0 Å². The SMILES string of the molecule is CC(C)n1nccc1C(=O)NCC1(O)CCCN(c2ccccn2)C1. The van der Waals surface area contributed by atoms with Gasteiger partial charge in [0.05, 0.1) is 5.60 Å². The zero-order chi connectivity index (χ0) is 17.9. The van der Waals surface area contributed by atoms with Crippen LogP contribution >= 0.6 is 0 Å². The standard InChI is InChI=1S/C18H25N5O2/c1-14(2)23-15(7-10-21-23)17(24)20-12-18(25)8-5-11-22(13-18)16-6-3-4-9-19-16/h3-4,6-7,9-10,14,25H,5,8,11-13H2,1-2H3,(H,20,24). The summed E-state index contributed by atoms with van der Waals surface area (Å²) in [6.45, 7) is 5.46. The second-order valence-corrected chi connectivity index (χ2v) is 6.87. The van der Waals surface area contributed by atoms with E-state index >= 15 is 0 Å². The molecule has 3 heterocycles. The summed E-state index contributed by atoms with van der Waals surface area (Å²) >= 11 is 0. The lowest BCUT2D eigenvalue weighted by molar-refractivity contribution is 0.0253. The maximum atomic E-state index is 12.5. The molecule has 1 fully saturated rings. The first-order chi connectivity index (χ1) is 12.0. The van der Waals surface area contributed by atoms with Crippen molar-refractivity contribution < 1.29 is 9.90 Å². The average Bonchev–Trinajstić information content (AvgIpc) is 3.11. The number of hydrogen-bond donors (Lipinski definition) is 2. The van der Waals surface area contributed by atoms with Gasteiger partial charge in [-0.25, -0.2) is 4.98 Å². The number of aliphatic hydroxyl groups is 1. The lowest BCUT2D eigenvalue weighted by Gasteiger charge is -2.39. The maximum Gasteiger partial charge on any atom is 0.269 e. The van der Waals surface area contributed by atoms with Crippen LogP contribution in [0.1, 0.15) is 43.2 Å². The van der Waals surface area contributed by atoms with E-state index in [1.54, 1.807) is 23.1 Å². The molecule has 2 aromatic rings. The van der Waals surface area contributed by atoms with E-state index in [1.165, 1.54) is 0 Å². The summed E-state index contributed by atoms with van der Waals surface area (Å²) in [4.78, 5) is 18.9. The van der Waals surface area contributed by atoms with Crippen molar-refractivity contribution in [3.8, 4) is 0 Å². The predicted octanol–water partition coefficient (Wildman–Crippen LogP) is 1.62. The molecule has 1 amide bonds. The van der Waals surface area contributed by atoms with Crippen LogP contribution in [0.4, 0.5) is 5.82 Å². The van der Waals surface area contributed by atoms with E-state index in [0.29, 0.717) is 18.7 Å². The number of β-amino-alcohol motifs (C(OH)–C–C–N with tert-alkyl or cyclic N) is 1. The number of rotatable bonds is 5. The van der Waals surface area contributed by atoms with Crippen LogP contribution in [0.25, 0.3) is 0 Å². The van der Waals surface area contributed by atoms with E-state index in [-0.39, 0.29) is 18.5 Å². The van der Waals surface area contributed by atoms with Gasteiger partial charge in [0.25, 0.3) is 5.91 Å². The lowest BCUT2D eigenvalue weighted by Crippen LogP contribution is -2.54. The van der Waals surface area contributed by atoms with Crippen LogP contribution in [-0.4, -0.2) is 51.0 Å². The number of anilines is 1. The van der Waals surface area contributed by atoms with Gasteiger partial charge < -0.3 is 15.3 Å². The molecule has 1 aliphatic rings. The van der Waals surface area contributed by atoms with Crippen molar-refractivity contribution in [1.29, 1.82) is 0 Å². The van der Waals surface area contributed by atoms with Gasteiger partial charge in [0, 0.05) is 38.1 Å². The summed E-state index contributed by atoms with van der Waals surface area (Å²) in [5.41, 5.74) is -0.454. The minimum absolute atomic E-state index is 0.105. The summed E-state index contributed by atoms with van der Waals surface area (Å²) in [6.07, 6.45) is 4.87. The summed E-state index contributed by atoms with van der Waals surface area (Å²) < 4.78 is 1.68. The van der Waals surface area contributed by atoms with Crippen molar-refractivity contribution in [2.45, 2.75) is 38.3 Å². The van der Waals surface area contributed by atoms with E-state index in [4.69, 9.17) is 0 Å². The molecule has 0 bridgehead atoms. The summed E-state index contributed by atoms with van der Waals surface area (Å²) in [6, 6.07) is 7.54. The highest BCUT2D eigenvalue weighted by Gasteiger charge is 2.34. The maximum absolute atomic E-state index is 12.5. The Morgan fingerprint density at radius 1 is 1.36 bits per heavy atom. The van der Waals surface area contributed by atoms with Crippen molar-refractivity contribution in [3.63, 3.8) is 0 Å². The second-order valence-electron chi connectivity index (χ2n) is 6.87. The average molecular weight is 343 g/mol.